The predicted molar refractivity (Wildman–Crippen MR) is 100 cm³/mol. The summed E-state index contributed by atoms with van der Waals surface area (Å²) in [6.45, 7) is 6.43. The first-order valence-corrected chi connectivity index (χ1v) is 8.55. The maximum atomic E-state index is 6.45. The molecule has 0 atom stereocenters. The molecule has 0 amide bonds. The molecule has 0 spiro atoms. The van der Waals surface area contributed by atoms with Gasteiger partial charge in [0.15, 0.2) is 11.2 Å². The van der Waals surface area contributed by atoms with Crippen LogP contribution in [0.3, 0.4) is 0 Å². The molecule has 4 aromatic rings. The van der Waals surface area contributed by atoms with Crippen LogP contribution in [0.5, 0.6) is 11.5 Å². The molecular formula is C22H19N2O+. The summed E-state index contributed by atoms with van der Waals surface area (Å²) < 4.78 is 8.57. The van der Waals surface area contributed by atoms with E-state index in [9.17, 15) is 0 Å². The zero-order chi connectivity index (χ0) is 17.3. The van der Waals surface area contributed by atoms with Crippen molar-refractivity contribution in [2.75, 3.05) is 0 Å². The molecule has 0 saturated heterocycles. The molecule has 5 rings (SSSR count). The van der Waals surface area contributed by atoms with Crippen LogP contribution in [-0.2, 0) is 7.05 Å². The fourth-order valence-electron chi connectivity index (χ4n) is 4.11. The highest BCUT2D eigenvalue weighted by Gasteiger charge is 2.31. The second-order valence-corrected chi connectivity index (χ2v) is 6.96. The zero-order valence-corrected chi connectivity index (χ0v) is 14.8. The maximum absolute atomic E-state index is 6.45. The van der Waals surface area contributed by atoms with Crippen LogP contribution in [0.25, 0.3) is 32.9 Å². The Kier molecular flexibility index (Phi) is 2.76. The van der Waals surface area contributed by atoms with E-state index in [0.717, 1.165) is 28.0 Å². The van der Waals surface area contributed by atoms with Gasteiger partial charge in [-0.2, -0.15) is 0 Å². The first-order valence-electron chi connectivity index (χ1n) is 8.55. The van der Waals surface area contributed by atoms with Crippen molar-refractivity contribution in [2.24, 2.45) is 7.05 Å². The van der Waals surface area contributed by atoms with Crippen LogP contribution >= 0.6 is 0 Å². The molecule has 1 aliphatic rings. The van der Waals surface area contributed by atoms with E-state index in [-0.39, 0.29) is 0 Å². The fraction of sp³-hybridized carbons (Fsp3) is 0.182. The molecule has 0 aliphatic carbocycles. The van der Waals surface area contributed by atoms with Crippen LogP contribution in [0, 0.1) is 20.8 Å². The molecule has 122 valence electrons. The standard InChI is InChI=1S/C22H19N2O/c1-12-9-17-20-18(10-12)25-22-14(3)16-8-6-5-7-15(16)13(2)19(22)21(20)24(4)11-23-17/h5-11H,1-4H3/q+1. The first-order chi connectivity index (χ1) is 12.1. The highest BCUT2D eigenvalue weighted by atomic mass is 16.5. The Bertz CT molecular complexity index is 1210. The number of rotatable bonds is 0. The third-order valence-corrected chi connectivity index (χ3v) is 5.31. The molecule has 25 heavy (non-hydrogen) atoms. The van der Waals surface area contributed by atoms with Crippen molar-refractivity contribution in [2.45, 2.75) is 20.8 Å². The normalized spacial score (nSPS) is 12.3. The van der Waals surface area contributed by atoms with Gasteiger partial charge in [-0.3, -0.25) is 0 Å². The van der Waals surface area contributed by atoms with E-state index in [4.69, 9.17) is 4.74 Å². The number of hydrogen-bond acceptors (Lipinski definition) is 2. The quantitative estimate of drug-likeness (QED) is 0.378. The minimum atomic E-state index is 0.902. The average Bonchev–Trinajstić information content (AvgIpc) is 2.61. The van der Waals surface area contributed by atoms with E-state index in [2.05, 4.69) is 73.8 Å². The van der Waals surface area contributed by atoms with Gasteiger partial charge in [0.05, 0.1) is 12.6 Å². The lowest BCUT2D eigenvalue weighted by Crippen LogP contribution is -2.33. The lowest BCUT2D eigenvalue weighted by Gasteiger charge is -2.24. The Morgan fingerprint density at radius 1 is 0.960 bits per heavy atom. The molecule has 3 heteroatoms. The number of aryl methyl sites for hydroxylation is 4. The summed E-state index contributed by atoms with van der Waals surface area (Å²) in [6.07, 6.45) is 1.90. The fourth-order valence-corrected chi connectivity index (χ4v) is 4.11. The Morgan fingerprint density at radius 3 is 2.44 bits per heavy atom. The SMILES string of the molecule is Cc1cc2c3c([n+](C)cnc3c1)-c1c(c(C)c3ccccc3c1C)O2. The summed E-state index contributed by atoms with van der Waals surface area (Å²) in [7, 11) is 2.06. The number of nitrogens with zero attached hydrogens (tertiary/aromatic N) is 2. The molecule has 0 saturated carbocycles. The Morgan fingerprint density at radius 2 is 1.68 bits per heavy atom. The highest BCUT2D eigenvalue weighted by Crippen LogP contribution is 2.49. The van der Waals surface area contributed by atoms with Gasteiger partial charge in [-0.1, -0.05) is 24.3 Å². The van der Waals surface area contributed by atoms with Gasteiger partial charge in [0.25, 0.3) is 6.33 Å². The lowest BCUT2D eigenvalue weighted by atomic mass is 9.89. The van der Waals surface area contributed by atoms with Gasteiger partial charge in [-0.25, -0.2) is 4.57 Å². The Labute approximate surface area is 146 Å². The number of ether oxygens (including phenoxy) is 1. The maximum Gasteiger partial charge on any atom is 0.287 e. The third kappa shape index (κ3) is 1.81. The summed E-state index contributed by atoms with van der Waals surface area (Å²) >= 11 is 0. The molecule has 1 aliphatic heterocycles. The summed E-state index contributed by atoms with van der Waals surface area (Å²) in [4.78, 5) is 4.62. The second-order valence-electron chi connectivity index (χ2n) is 6.96. The molecule has 3 aromatic carbocycles. The summed E-state index contributed by atoms with van der Waals surface area (Å²) in [5.74, 6) is 1.87. The van der Waals surface area contributed by atoms with Crippen LogP contribution in [0.4, 0.5) is 0 Å². The van der Waals surface area contributed by atoms with E-state index in [1.807, 2.05) is 6.33 Å². The van der Waals surface area contributed by atoms with Crippen LogP contribution in [0.1, 0.15) is 16.7 Å². The minimum absolute atomic E-state index is 0.902. The van der Waals surface area contributed by atoms with Crippen molar-refractivity contribution in [1.29, 1.82) is 0 Å². The lowest BCUT2D eigenvalue weighted by molar-refractivity contribution is -0.662. The van der Waals surface area contributed by atoms with Gasteiger partial charge in [0.2, 0.25) is 0 Å². The molecule has 0 N–H and O–H groups in total. The van der Waals surface area contributed by atoms with Crippen LogP contribution < -0.4 is 9.30 Å². The van der Waals surface area contributed by atoms with Gasteiger partial charge in [0.1, 0.15) is 16.9 Å². The van der Waals surface area contributed by atoms with E-state index in [1.165, 1.54) is 33.2 Å². The van der Waals surface area contributed by atoms with Crippen LogP contribution in [0.15, 0.2) is 42.7 Å². The molecule has 0 bridgehead atoms. The first kappa shape index (κ1) is 14.4. The van der Waals surface area contributed by atoms with Gasteiger partial charge in [-0.05, 0) is 59.8 Å². The average molecular weight is 327 g/mol. The van der Waals surface area contributed by atoms with Gasteiger partial charge >= 0.3 is 0 Å². The molecular weight excluding hydrogens is 308 g/mol. The Balaban J connectivity index is 2.05. The van der Waals surface area contributed by atoms with Crippen molar-refractivity contribution < 1.29 is 9.30 Å². The minimum Gasteiger partial charge on any atom is -0.455 e. The van der Waals surface area contributed by atoms with Crippen molar-refractivity contribution in [1.82, 2.24) is 4.98 Å². The molecule has 1 aromatic heterocycles. The van der Waals surface area contributed by atoms with Gasteiger partial charge < -0.3 is 4.74 Å². The number of fused-ring (bicyclic) bond motifs is 3. The van der Waals surface area contributed by atoms with E-state index in [0.29, 0.717) is 0 Å². The van der Waals surface area contributed by atoms with Gasteiger partial charge in [0, 0.05) is 5.56 Å². The number of benzene rings is 3. The monoisotopic (exact) mass is 327 g/mol. The summed E-state index contributed by atoms with van der Waals surface area (Å²) in [5, 5.41) is 3.63. The predicted octanol–water partition coefficient (Wildman–Crippen LogP) is 4.91. The van der Waals surface area contributed by atoms with Crippen molar-refractivity contribution in [3.63, 3.8) is 0 Å². The third-order valence-electron chi connectivity index (χ3n) is 5.31. The molecule has 3 nitrogen and oxygen atoms in total. The highest BCUT2D eigenvalue weighted by molar-refractivity contribution is 6.05. The number of hydrogen-bond donors (Lipinski definition) is 0. The van der Waals surface area contributed by atoms with E-state index >= 15 is 0 Å². The summed E-state index contributed by atoms with van der Waals surface area (Å²) in [6, 6.07) is 12.8. The van der Waals surface area contributed by atoms with Crippen LogP contribution in [0.2, 0.25) is 0 Å². The Hall–Kier alpha value is -2.94. The molecule has 0 unspecified atom stereocenters. The number of aromatic nitrogens is 2. The van der Waals surface area contributed by atoms with E-state index in [1.54, 1.807) is 0 Å². The second kappa shape index (κ2) is 4.79. The molecule has 0 radical (unpaired) electrons. The van der Waals surface area contributed by atoms with Gasteiger partial charge in [-0.15, -0.1) is 0 Å². The summed E-state index contributed by atoms with van der Waals surface area (Å²) in [5.41, 5.74) is 6.96. The molecule has 2 heterocycles. The van der Waals surface area contributed by atoms with E-state index < -0.39 is 0 Å². The largest absolute Gasteiger partial charge is 0.455 e. The zero-order valence-electron chi connectivity index (χ0n) is 14.8. The van der Waals surface area contributed by atoms with Crippen molar-refractivity contribution in [3.8, 4) is 22.8 Å². The topological polar surface area (TPSA) is 26.0 Å². The molecule has 0 fully saturated rings. The smallest absolute Gasteiger partial charge is 0.287 e. The van der Waals surface area contributed by atoms with Crippen molar-refractivity contribution in [3.05, 3.63) is 59.4 Å². The van der Waals surface area contributed by atoms with Crippen molar-refractivity contribution >= 4 is 21.7 Å². The van der Waals surface area contributed by atoms with Crippen LogP contribution in [-0.4, -0.2) is 4.98 Å².